The van der Waals surface area contributed by atoms with Gasteiger partial charge in [0.1, 0.15) is 11.5 Å². The van der Waals surface area contributed by atoms with E-state index in [1.165, 1.54) is 66.7 Å². The van der Waals surface area contributed by atoms with Gasteiger partial charge in [0.15, 0.2) is 0 Å². The molecule has 0 spiro atoms. The SMILES string of the molecule is O=C(CCC1=N/C(=C\c2ccc(CCC(=O)Nc3ccc(OP(=O)(O)O)cc3)n2B(F)F)C=C1)Nc1ccc(OP(=O)(O)O)cc1.[Na+]. The summed E-state index contributed by atoms with van der Waals surface area (Å²) < 4.78 is 59.5. The molecule has 3 aromatic rings. The molecule has 20 heteroatoms. The molecule has 2 heterocycles. The number of nitrogens with one attached hydrogen (secondary N) is 2. The predicted octanol–water partition coefficient (Wildman–Crippen LogP) is 1.55. The van der Waals surface area contributed by atoms with Crippen LogP contribution in [0.1, 0.15) is 30.7 Å². The topological polar surface area (TPSA) is 209 Å². The Kier molecular flexibility index (Phi) is 13.5. The first-order chi connectivity index (χ1) is 21.6. The second-order valence-electron chi connectivity index (χ2n) is 9.71. The zero-order valence-electron chi connectivity index (χ0n) is 24.7. The van der Waals surface area contributed by atoms with E-state index in [1.54, 1.807) is 12.2 Å². The number of phosphoric acid groups is 2. The van der Waals surface area contributed by atoms with Crippen LogP contribution in [-0.4, -0.2) is 49.0 Å². The van der Waals surface area contributed by atoms with Crippen molar-refractivity contribution in [2.45, 2.75) is 25.7 Å². The molecule has 0 fully saturated rings. The minimum absolute atomic E-state index is 0. The number of aromatic nitrogens is 1. The summed E-state index contributed by atoms with van der Waals surface area (Å²) in [5, 5.41) is 5.22. The molecule has 4 rings (SSSR count). The molecule has 0 saturated carbocycles. The minimum Gasteiger partial charge on any atom is -0.404 e. The monoisotopic (exact) mass is 701 g/mol. The molecule has 242 valence electrons. The van der Waals surface area contributed by atoms with Crippen molar-refractivity contribution in [3.8, 4) is 11.5 Å². The summed E-state index contributed by atoms with van der Waals surface area (Å²) in [7, 11) is -12.3. The third kappa shape index (κ3) is 12.6. The van der Waals surface area contributed by atoms with Crippen molar-refractivity contribution >= 4 is 58.0 Å². The molecule has 0 aliphatic carbocycles. The molecule has 14 nitrogen and oxygen atoms in total. The first-order valence-electron chi connectivity index (χ1n) is 13.4. The number of benzene rings is 2. The Morgan fingerprint density at radius 1 is 0.787 bits per heavy atom. The molecule has 2 amide bonds. The van der Waals surface area contributed by atoms with Crippen molar-refractivity contribution < 1.29 is 85.5 Å². The summed E-state index contributed by atoms with van der Waals surface area (Å²) in [4.78, 5) is 64.5. The maximum Gasteiger partial charge on any atom is 1.00 e. The Balaban J connectivity index is 0.00000600. The van der Waals surface area contributed by atoms with Gasteiger partial charge in [0.05, 0.1) is 5.70 Å². The van der Waals surface area contributed by atoms with E-state index in [2.05, 4.69) is 24.7 Å². The molecular formula is C27H27BF2N4NaO10P2+. The fourth-order valence-corrected chi connectivity index (χ4v) is 5.06. The molecule has 0 radical (unpaired) electrons. The van der Waals surface area contributed by atoms with Gasteiger partial charge in [-0.1, -0.05) is 0 Å². The molecule has 47 heavy (non-hydrogen) atoms. The van der Waals surface area contributed by atoms with Gasteiger partial charge in [-0.2, -0.15) is 0 Å². The van der Waals surface area contributed by atoms with Crippen LogP contribution in [0.25, 0.3) is 6.08 Å². The molecular weight excluding hydrogens is 674 g/mol. The first-order valence-corrected chi connectivity index (χ1v) is 16.5. The summed E-state index contributed by atoms with van der Waals surface area (Å²) in [6.07, 6.45) is 4.94. The number of hydrogen-bond acceptors (Lipinski definition) is 7. The summed E-state index contributed by atoms with van der Waals surface area (Å²) in [5.74, 6) is -0.968. The fourth-order valence-electron chi connectivity index (χ4n) is 4.26. The van der Waals surface area contributed by atoms with Crippen LogP contribution in [0.5, 0.6) is 11.5 Å². The molecule has 0 atom stereocenters. The predicted molar refractivity (Wildman–Crippen MR) is 165 cm³/mol. The number of aryl methyl sites for hydroxylation is 1. The second-order valence-corrected chi connectivity index (χ2v) is 12.0. The zero-order chi connectivity index (χ0) is 33.5. The van der Waals surface area contributed by atoms with Gasteiger partial charge >= 0.3 is 52.6 Å². The Labute approximate surface area is 289 Å². The van der Waals surface area contributed by atoms with Gasteiger partial charge in [-0.05, 0) is 91.7 Å². The average Bonchev–Trinajstić information content (AvgIpc) is 3.58. The third-order valence-corrected chi connectivity index (χ3v) is 7.08. The Hall–Kier alpha value is -3.37. The standard InChI is InChI=1S/C27H27BF2N4O10P2.Na/c29-28(30)34-22(10-16-27(36)33-20-5-13-25(14-6-20)44-46(40,41)42)8-9-23(34)17-21-2-1-18(31-21)7-15-26(35)32-19-3-11-24(12-4-19)43-45(37,38)39;/h1-6,8-9,11-14,17H,7,10,15-16H2,(H,32,35)(H,33,36)(H2,37,38,39)(H2,40,41,42);/q;+1/b21-17-;. The fraction of sp³-hybridized carbons (Fsp3) is 0.148. The third-order valence-electron chi connectivity index (χ3n) is 6.19. The summed E-state index contributed by atoms with van der Waals surface area (Å²) in [5.41, 5.74) is 2.04. The summed E-state index contributed by atoms with van der Waals surface area (Å²) in [6.45, 7) is 0. The number of amides is 2. The second kappa shape index (κ2) is 16.6. The number of rotatable bonds is 14. The van der Waals surface area contributed by atoms with Crippen molar-refractivity contribution in [1.29, 1.82) is 0 Å². The van der Waals surface area contributed by atoms with Crippen LogP contribution in [0.3, 0.4) is 0 Å². The Morgan fingerprint density at radius 2 is 1.28 bits per heavy atom. The molecule has 6 N–H and O–H groups in total. The molecule has 1 aromatic heterocycles. The van der Waals surface area contributed by atoms with Crippen LogP contribution in [0.15, 0.2) is 83.5 Å². The normalized spacial score (nSPS) is 13.5. The van der Waals surface area contributed by atoms with E-state index in [1.807, 2.05) is 0 Å². The smallest absolute Gasteiger partial charge is 0.404 e. The summed E-state index contributed by atoms with van der Waals surface area (Å²) in [6, 6.07) is 13.7. The van der Waals surface area contributed by atoms with E-state index in [0.29, 0.717) is 22.8 Å². The van der Waals surface area contributed by atoms with E-state index >= 15 is 0 Å². The van der Waals surface area contributed by atoms with Crippen molar-refractivity contribution in [1.82, 2.24) is 4.48 Å². The Morgan fingerprint density at radius 3 is 1.74 bits per heavy atom. The minimum atomic E-state index is -4.72. The Bertz CT molecular complexity index is 1770. The van der Waals surface area contributed by atoms with Crippen LogP contribution >= 0.6 is 15.6 Å². The van der Waals surface area contributed by atoms with Crippen LogP contribution in [-0.2, 0) is 25.1 Å². The maximum absolute atomic E-state index is 14.0. The zero-order valence-corrected chi connectivity index (χ0v) is 28.5. The van der Waals surface area contributed by atoms with E-state index in [-0.39, 0.29) is 84.0 Å². The molecule has 0 unspecified atom stereocenters. The molecule has 0 bridgehead atoms. The van der Waals surface area contributed by atoms with Gasteiger partial charge in [0.2, 0.25) is 11.8 Å². The molecule has 1 aliphatic rings. The molecule has 2 aromatic carbocycles. The average molecular weight is 701 g/mol. The largest absolute Gasteiger partial charge is 1.00 e. The number of allylic oxidation sites excluding steroid dienone is 2. The van der Waals surface area contributed by atoms with Crippen molar-refractivity contribution in [2.75, 3.05) is 10.6 Å². The van der Waals surface area contributed by atoms with Crippen LogP contribution in [0.4, 0.5) is 20.0 Å². The quantitative estimate of drug-likeness (QED) is 0.106. The van der Waals surface area contributed by atoms with Crippen LogP contribution in [0.2, 0.25) is 0 Å². The van der Waals surface area contributed by atoms with E-state index < -0.39 is 29.0 Å². The van der Waals surface area contributed by atoms with Gasteiger partial charge < -0.3 is 24.2 Å². The van der Waals surface area contributed by atoms with Gasteiger partial charge in [-0.25, -0.2) is 9.13 Å². The molecule has 1 aliphatic heterocycles. The number of halogens is 2. The van der Waals surface area contributed by atoms with Crippen molar-refractivity contribution in [2.24, 2.45) is 4.99 Å². The van der Waals surface area contributed by atoms with E-state index in [9.17, 15) is 27.4 Å². The van der Waals surface area contributed by atoms with Gasteiger partial charge in [-0.15, -0.1) is 0 Å². The number of carbonyl (C=O) groups is 2. The van der Waals surface area contributed by atoms with Crippen molar-refractivity contribution in [3.63, 3.8) is 0 Å². The molecule has 0 saturated heterocycles. The number of carbonyl (C=O) groups excluding carboxylic acids is 2. The van der Waals surface area contributed by atoms with Crippen LogP contribution < -0.4 is 49.2 Å². The number of aliphatic imine (C=N–C) groups is 1. The number of nitrogens with zero attached hydrogens (tertiary/aromatic N) is 2. The van der Waals surface area contributed by atoms with Crippen LogP contribution in [0, 0.1) is 0 Å². The number of anilines is 2. The van der Waals surface area contributed by atoms with Gasteiger partial charge in [-0.3, -0.25) is 42.8 Å². The van der Waals surface area contributed by atoms with Gasteiger partial charge in [0, 0.05) is 41.3 Å². The first kappa shape index (κ1) is 38.1. The maximum atomic E-state index is 14.0. The number of phosphoric ester groups is 2. The van der Waals surface area contributed by atoms with Crippen molar-refractivity contribution in [3.05, 3.63) is 89.9 Å². The summed E-state index contributed by atoms with van der Waals surface area (Å²) >= 11 is 0. The van der Waals surface area contributed by atoms with E-state index in [0.717, 1.165) is 4.48 Å². The number of hydrogen-bond donors (Lipinski definition) is 6. The van der Waals surface area contributed by atoms with Gasteiger partial charge in [0.25, 0.3) is 0 Å². The van der Waals surface area contributed by atoms with E-state index in [4.69, 9.17) is 19.6 Å².